The average molecular weight is 308 g/mol. The lowest BCUT2D eigenvalue weighted by Crippen LogP contribution is -2.49. The molecule has 2 atom stereocenters. The summed E-state index contributed by atoms with van der Waals surface area (Å²) >= 11 is 0. The lowest BCUT2D eigenvalue weighted by atomic mass is 9.84. The van der Waals surface area contributed by atoms with Gasteiger partial charge in [-0.05, 0) is 22.6 Å². The molecule has 120 valence electrons. The van der Waals surface area contributed by atoms with E-state index in [1.165, 1.54) is 16.7 Å². The molecule has 3 heteroatoms. The van der Waals surface area contributed by atoms with Gasteiger partial charge in [-0.2, -0.15) is 0 Å². The highest BCUT2D eigenvalue weighted by Crippen LogP contribution is 2.33. The molecule has 2 aromatic carbocycles. The Bertz CT molecular complexity index is 681. The molecule has 0 saturated heterocycles. The maximum atomic E-state index is 12.7. The van der Waals surface area contributed by atoms with Gasteiger partial charge in [0.2, 0.25) is 5.91 Å². The second-order valence-electron chi connectivity index (χ2n) is 6.65. The van der Waals surface area contributed by atoms with Crippen LogP contribution in [-0.4, -0.2) is 23.4 Å². The van der Waals surface area contributed by atoms with Crippen LogP contribution in [0.5, 0.6) is 0 Å². The maximum absolute atomic E-state index is 12.7. The normalized spacial score (nSPS) is 18.6. The quantitative estimate of drug-likeness (QED) is 0.947. The Kier molecular flexibility index (Phi) is 4.49. The molecule has 1 unspecified atom stereocenters. The zero-order valence-electron chi connectivity index (χ0n) is 13.8. The summed E-state index contributed by atoms with van der Waals surface area (Å²) in [6.45, 7) is 5.34. The van der Waals surface area contributed by atoms with Crippen molar-refractivity contribution in [3.63, 3.8) is 0 Å². The van der Waals surface area contributed by atoms with E-state index in [0.717, 1.165) is 0 Å². The number of benzene rings is 2. The van der Waals surface area contributed by atoms with Crippen LogP contribution in [-0.2, 0) is 11.3 Å². The summed E-state index contributed by atoms with van der Waals surface area (Å²) in [7, 11) is 0. The third kappa shape index (κ3) is 3.15. The molecule has 2 N–H and O–H groups in total. The first-order valence-electron chi connectivity index (χ1n) is 8.25. The lowest BCUT2D eigenvalue weighted by molar-refractivity contribution is -0.134. The molecule has 0 aromatic heterocycles. The Hall–Kier alpha value is -2.13. The van der Waals surface area contributed by atoms with Gasteiger partial charge in [-0.25, -0.2) is 0 Å². The third-order valence-electron chi connectivity index (χ3n) is 4.71. The standard InChI is InChI=1S/C20H24N2O/c1-14(2)19(21)20(23)22-12-16-10-6-7-11-17(16)18(13-22)15-8-4-3-5-9-15/h3-11,14,18-19H,12-13,21H2,1-2H3/t18?,19-/m0/s1. The van der Waals surface area contributed by atoms with Gasteiger partial charge in [0, 0.05) is 19.0 Å². The number of nitrogens with two attached hydrogens (primary N) is 1. The first kappa shape index (κ1) is 15.8. The minimum absolute atomic E-state index is 0.0513. The number of carbonyl (C=O) groups excluding carboxylic acids is 1. The van der Waals surface area contributed by atoms with Crippen LogP contribution in [0.25, 0.3) is 0 Å². The molecule has 3 nitrogen and oxygen atoms in total. The minimum Gasteiger partial charge on any atom is -0.336 e. The minimum atomic E-state index is -0.434. The lowest BCUT2D eigenvalue weighted by Gasteiger charge is -2.36. The van der Waals surface area contributed by atoms with Gasteiger partial charge >= 0.3 is 0 Å². The van der Waals surface area contributed by atoms with Crippen molar-refractivity contribution in [1.82, 2.24) is 4.90 Å². The van der Waals surface area contributed by atoms with Crippen LogP contribution < -0.4 is 5.73 Å². The molecule has 23 heavy (non-hydrogen) atoms. The maximum Gasteiger partial charge on any atom is 0.240 e. The third-order valence-corrected chi connectivity index (χ3v) is 4.71. The fraction of sp³-hybridized carbons (Fsp3) is 0.350. The van der Waals surface area contributed by atoms with E-state index in [1.54, 1.807) is 0 Å². The van der Waals surface area contributed by atoms with Crippen LogP contribution in [0, 0.1) is 5.92 Å². The van der Waals surface area contributed by atoms with E-state index < -0.39 is 6.04 Å². The zero-order valence-corrected chi connectivity index (χ0v) is 13.8. The topological polar surface area (TPSA) is 46.3 Å². The molecule has 1 aliphatic rings. The number of carbonyl (C=O) groups is 1. The Morgan fingerprint density at radius 1 is 1.09 bits per heavy atom. The van der Waals surface area contributed by atoms with E-state index in [9.17, 15) is 4.79 Å². The molecule has 1 amide bonds. The van der Waals surface area contributed by atoms with Crippen LogP contribution >= 0.6 is 0 Å². The zero-order chi connectivity index (χ0) is 16.4. The van der Waals surface area contributed by atoms with Gasteiger partial charge in [0.1, 0.15) is 0 Å². The van der Waals surface area contributed by atoms with Crippen molar-refractivity contribution in [2.75, 3.05) is 6.54 Å². The van der Waals surface area contributed by atoms with Crippen molar-refractivity contribution >= 4 is 5.91 Å². The van der Waals surface area contributed by atoms with Gasteiger partial charge in [-0.15, -0.1) is 0 Å². The molecule has 1 heterocycles. The molecular weight excluding hydrogens is 284 g/mol. The fourth-order valence-electron chi connectivity index (χ4n) is 3.24. The van der Waals surface area contributed by atoms with Crippen LogP contribution in [0.1, 0.15) is 36.5 Å². The monoisotopic (exact) mass is 308 g/mol. The van der Waals surface area contributed by atoms with E-state index in [-0.39, 0.29) is 17.7 Å². The number of hydrogen-bond acceptors (Lipinski definition) is 2. The smallest absolute Gasteiger partial charge is 0.240 e. The number of amides is 1. The van der Waals surface area contributed by atoms with Gasteiger partial charge in [-0.3, -0.25) is 4.79 Å². The molecule has 3 rings (SSSR count). The predicted octanol–water partition coefficient (Wildman–Crippen LogP) is 3.14. The molecular formula is C20H24N2O. The van der Waals surface area contributed by atoms with Gasteiger partial charge in [0.15, 0.2) is 0 Å². The summed E-state index contributed by atoms with van der Waals surface area (Å²) in [4.78, 5) is 14.6. The molecule has 1 aliphatic heterocycles. The Morgan fingerprint density at radius 3 is 2.43 bits per heavy atom. The highest BCUT2D eigenvalue weighted by molar-refractivity contribution is 5.82. The first-order chi connectivity index (χ1) is 11.1. The SMILES string of the molecule is CC(C)[C@H](N)C(=O)N1Cc2ccccc2C(c2ccccc2)C1. The number of fused-ring (bicyclic) bond motifs is 1. The van der Waals surface area contributed by atoms with Crippen LogP contribution in [0.4, 0.5) is 0 Å². The summed E-state index contributed by atoms with van der Waals surface area (Å²) in [5.74, 6) is 0.412. The molecule has 0 aliphatic carbocycles. The van der Waals surface area contributed by atoms with E-state index in [0.29, 0.717) is 13.1 Å². The van der Waals surface area contributed by atoms with E-state index >= 15 is 0 Å². The summed E-state index contributed by atoms with van der Waals surface area (Å²) < 4.78 is 0. The first-order valence-corrected chi connectivity index (χ1v) is 8.25. The van der Waals surface area contributed by atoms with Gasteiger partial charge in [0.05, 0.1) is 6.04 Å². The van der Waals surface area contributed by atoms with Gasteiger partial charge < -0.3 is 10.6 Å². The Labute approximate surface area is 138 Å². The van der Waals surface area contributed by atoms with Crippen molar-refractivity contribution < 1.29 is 4.79 Å². The predicted molar refractivity (Wildman–Crippen MR) is 93.0 cm³/mol. The second-order valence-corrected chi connectivity index (χ2v) is 6.65. The molecule has 0 spiro atoms. The van der Waals surface area contributed by atoms with Crippen molar-refractivity contribution in [2.45, 2.75) is 32.4 Å². The molecule has 0 bridgehead atoms. The van der Waals surface area contributed by atoms with Crippen LogP contribution in [0.3, 0.4) is 0 Å². The number of rotatable bonds is 3. The molecule has 0 radical (unpaired) electrons. The summed E-state index contributed by atoms with van der Waals surface area (Å²) in [6, 6.07) is 18.4. The van der Waals surface area contributed by atoms with E-state index in [4.69, 9.17) is 5.73 Å². The highest BCUT2D eigenvalue weighted by atomic mass is 16.2. The van der Waals surface area contributed by atoms with Crippen molar-refractivity contribution in [3.8, 4) is 0 Å². The average Bonchev–Trinajstić information content (AvgIpc) is 2.60. The number of hydrogen-bond donors (Lipinski definition) is 1. The Morgan fingerprint density at radius 2 is 1.74 bits per heavy atom. The molecule has 2 aromatic rings. The molecule has 0 saturated carbocycles. The highest BCUT2D eigenvalue weighted by Gasteiger charge is 2.31. The largest absolute Gasteiger partial charge is 0.336 e. The van der Waals surface area contributed by atoms with E-state index in [1.807, 2.05) is 30.9 Å². The van der Waals surface area contributed by atoms with Gasteiger partial charge in [0.25, 0.3) is 0 Å². The Balaban J connectivity index is 1.95. The second kappa shape index (κ2) is 6.55. The van der Waals surface area contributed by atoms with Crippen molar-refractivity contribution in [2.24, 2.45) is 11.7 Å². The summed E-state index contributed by atoms with van der Waals surface area (Å²) in [6.07, 6.45) is 0. The summed E-state index contributed by atoms with van der Waals surface area (Å²) in [5.41, 5.74) is 9.89. The van der Waals surface area contributed by atoms with Crippen LogP contribution in [0.15, 0.2) is 54.6 Å². The van der Waals surface area contributed by atoms with Gasteiger partial charge in [-0.1, -0.05) is 68.4 Å². The van der Waals surface area contributed by atoms with Crippen molar-refractivity contribution in [3.05, 3.63) is 71.3 Å². The van der Waals surface area contributed by atoms with E-state index in [2.05, 4.69) is 42.5 Å². The number of nitrogens with zero attached hydrogens (tertiary/aromatic N) is 1. The fourth-order valence-corrected chi connectivity index (χ4v) is 3.24. The molecule has 0 fully saturated rings. The summed E-state index contributed by atoms with van der Waals surface area (Å²) in [5, 5.41) is 0. The van der Waals surface area contributed by atoms with Crippen molar-refractivity contribution in [1.29, 1.82) is 0 Å². The van der Waals surface area contributed by atoms with Crippen LogP contribution in [0.2, 0.25) is 0 Å².